The lowest BCUT2D eigenvalue weighted by molar-refractivity contribution is 1.55. The predicted octanol–water partition coefficient (Wildman–Crippen LogP) is 6.68. The monoisotopic (exact) mass is 407 g/mol. The molecule has 1 N–H and O–H groups in total. The molecule has 20 heavy (non-hydrogen) atoms. The van der Waals surface area contributed by atoms with Crippen molar-refractivity contribution < 1.29 is 0 Å². The minimum Gasteiger partial charge on any atom is -0.355 e. The Balaban J connectivity index is 2.03. The molecule has 100 valence electrons. The third-order valence-corrected chi connectivity index (χ3v) is 5.44. The first kappa shape index (κ1) is 13.9. The third-order valence-electron chi connectivity index (χ3n) is 2.88. The third kappa shape index (κ3) is 2.97. The second-order valence-corrected chi connectivity index (χ2v) is 7.55. The lowest BCUT2D eigenvalue weighted by Gasteiger charge is -2.11. The van der Waals surface area contributed by atoms with Gasteiger partial charge in [-0.3, -0.25) is 0 Å². The summed E-state index contributed by atoms with van der Waals surface area (Å²) in [6.07, 6.45) is 0. The molecule has 1 heterocycles. The summed E-state index contributed by atoms with van der Waals surface area (Å²) >= 11 is 8.89. The molecule has 0 saturated heterocycles. The number of benzene rings is 2. The topological polar surface area (TPSA) is 12.0 Å². The Kier molecular flexibility index (Phi) is 4.24. The van der Waals surface area contributed by atoms with Crippen LogP contribution in [0.15, 0.2) is 68.9 Å². The fraction of sp³-hybridized carbons (Fsp3) is 0. The highest BCUT2D eigenvalue weighted by Crippen LogP contribution is 2.42. The van der Waals surface area contributed by atoms with Gasteiger partial charge in [-0.1, -0.05) is 36.4 Å². The van der Waals surface area contributed by atoms with Gasteiger partial charge in [-0.25, -0.2) is 0 Å². The van der Waals surface area contributed by atoms with Crippen LogP contribution < -0.4 is 5.32 Å². The van der Waals surface area contributed by atoms with E-state index in [2.05, 4.69) is 73.6 Å². The molecule has 1 aromatic heterocycles. The lowest BCUT2D eigenvalue weighted by Crippen LogP contribution is -1.92. The van der Waals surface area contributed by atoms with Crippen LogP contribution in [0.1, 0.15) is 0 Å². The van der Waals surface area contributed by atoms with Crippen LogP contribution in [0.5, 0.6) is 0 Å². The van der Waals surface area contributed by atoms with Crippen LogP contribution in [0.2, 0.25) is 0 Å². The molecule has 0 spiro atoms. The normalized spacial score (nSPS) is 10.5. The number of hydrogen-bond donors (Lipinski definition) is 1. The Hall–Kier alpha value is -1.10. The molecule has 0 unspecified atom stereocenters. The van der Waals surface area contributed by atoms with Crippen LogP contribution in [-0.2, 0) is 0 Å². The van der Waals surface area contributed by atoms with Gasteiger partial charge in [0.15, 0.2) is 0 Å². The average Bonchev–Trinajstić information content (AvgIpc) is 2.79. The molecule has 4 heteroatoms. The van der Waals surface area contributed by atoms with Crippen LogP contribution in [0, 0.1) is 0 Å². The summed E-state index contributed by atoms with van der Waals surface area (Å²) in [5.41, 5.74) is 3.39. The number of hydrogen-bond acceptors (Lipinski definition) is 2. The second kappa shape index (κ2) is 6.12. The van der Waals surface area contributed by atoms with E-state index in [0.717, 1.165) is 19.6 Å². The quantitative estimate of drug-likeness (QED) is 0.509. The number of nitrogens with one attached hydrogen (secondary N) is 1. The van der Waals surface area contributed by atoms with E-state index in [1.165, 1.54) is 10.4 Å². The zero-order chi connectivity index (χ0) is 13.9. The molecule has 0 fully saturated rings. The minimum absolute atomic E-state index is 1.09. The van der Waals surface area contributed by atoms with Crippen molar-refractivity contribution in [1.82, 2.24) is 0 Å². The van der Waals surface area contributed by atoms with E-state index in [4.69, 9.17) is 0 Å². The molecular formula is C16H11Br2NS. The van der Waals surface area contributed by atoms with Crippen LogP contribution in [0.4, 0.5) is 11.4 Å². The van der Waals surface area contributed by atoms with E-state index in [0.29, 0.717) is 0 Å². The molecule has 0 saturated carbocycles. The fourth-order valence-corrected chi connectivity index (χ4v) is 4.67. The van der Waals surface area contributed by atoms with Crippen LogP contribution in [0.25, 0.3) is 10.4 Å². The van der Waals surface area contributed by atoms with Crippen molar-refractivity contribution in [3.63, 3.8) is 0 Å². The smallest absolute Gasteiger partial charge is 0.0716 e. The van der Waals surface area contributed by atoms with E-state index < -0.39 is 0 Å². The number of thiophene rings is 1. The lowest BCUT2D eigenvalue weighted by atomic mass is 10.1. The van der Waals surface area contributed by atoms with Gasteiger partial charge < -0.3 is 5.32 Å². The van der Waals surface area contributed by atoms with Gasteiger partial charge in [-0.05, 0) is 56.1 Å². The number of para-hydroxylation sites is 2. The zero-order valence-corrected chi connectivity index (χ0v) is 14.4. The first-order valence-corrected chi connectivity index (χ1v) is 8.50. The maximum absolute atomic E-state index is 3.63. The fourth-order valence-electron chi connectivity index (χ4n) is 1.99. The number of anilines is 2. The van der Waals surface area contributed by atoms with Crippen LogP contribution in [0.3, 0.4) is 0 Å². The summed E-state index contributed by atoms with van der Waals surface area (Å²) in [5, 5.41) is 3.48. The zero-order valence-electron chi connectivity index (χ0n) is 10.4. The highest BCUT2D eigenvalue weighted by molar-refractivity contribution is 9.11. The maximum Gasteiger partial charge on any atom is 0.0716 e. The van der Waals surface area contributed by atoms with Crippen molar-refractivity contribution in [1.29, 1.82) is 0 Å². The Bertz CT molecular complexity index is 722. The predicted molar refractivity (Wildman–Crippen MR) is 94.9 cm³/mol. The summed E-state index contributed by atoms with van der Waals surface area (Å²) in [6, 6.07) is 20.6. The average molecular weight is 409 g/mol. The molecule has 0 aliphatic heterocycles. The van der Waals surface area contributed by atoms with Crippen molar-refractivity contribution in [3.05, 3.63) is 68.9 Å². The number of halogens is 2. The largest absolute Gasteiger partial charge is 0.355 e. The van der Waals surface area contributed by atoms with Gasteiger partial charge in [0.1, 0.15) is 0 Å². The van der Waals surface area contributed by atoms with Crippen molar-refractivity contribution in [2.45, 2.75) is 0 Å². The van der Waals surface area contributed by atoms with Gasteiger partial charge in [0.25, 0.3) is 0 Å². The Morgan fingerprint density at radius 1 is 0.850 bits per heavy atom. The Morgan fingerprint density at radius 2 is 1.55 bits per heavy atom. The SMILES string of the molecule is Brc1cc(Br)c(-c2ccccc2Nc2ccccc2)s1. The van der Waals surface area contributed by atoms with Gasteiger partial charge in [-0.15, -0.1) is 11.3 Å². The van der Waals surface area contributed by atoms with E-state index >= 15 is 0 Å². The number of rotatable bonds is 3. The Morgan fingerprint density at radius 3 is 2.25 bits per heavy atom. The van der Waals surface area contributed by atoms with Crippen molar-refractivity contribution in [2.24, 2.45) is 0 Å². The molecule has 0 aliphatic rings. The first-order valence-electron chi connectivity index (χ1n) is 6.10. The Labute approximate surface area is 138 Å². The summed E-state index contributed by atoms with van der Waals surface area (Å²) in [6.45, 7) is 0. The summed E-state index contributed by atoms with van der Waals surface area (Å²) < 4.78 is 2.23. The van der Waals surface area contributed by atoms with Crippen LogP contribution >= 0.6 is 43.2 Å². The van der Waals surface area contributed by atoms with Gasteiger partial charge in [0, 0.05) is 21.4 Å². The molecule has 0 atom stereocenters. The van der Waals surface area contributed by atoms with Crippen LogP contribution in [-0.4, -0.2) is 0 Å². The van der Waals surface area contributed by atoms with E-state index in [1.807, 2.05) is 24.3 Å². The molecule has 1 nitrogen and oxygen atoms in total. The molecule has 0 amide bonds. The van der Waals surface area contributed by atoms with Gasteiger partial charge in [-0.2, -0.15) is 0 Å². The summed E-state index contributed by atoms with van der Waals surface area (Å²) in [5.74, 6) is 0. The maximum atomic E-state index is 3.63. The molecule has 0 bridgehead atoms. The minimum atomic E-state index is 1.09. The molecular weight excluding hydrogens is 398 g/mol. The second-order valence-electron chi connectivity index (χ2n) is 4.26. The van der Waals surface area contributed by atoms with Crippen molar-refractivity contribution in [2.75, 3.05) is 5.32 Å². The van der Waals surface area contributed by atoms with Crippen molar-refractivity contribution in [3.8, 4) is 10.4 Å². The highest BCUT2D eigenvalue weighted by Gasteiger charge is 2.11. The van der Waals surface area contributed by atoms with Gasteiger partial charge in [0.05, 0.1) is 8.66 Å². The molecule has 0 radical (unpaired) electrons. The van der Waals surface area contributed by atoms with Crippen molar-refractivity contribution >= 4 is 54.6 Å². The molecule has 2 aromatic carbocycles. The highest BCUT2D eigenvalue weighted by atomic mass is 79.9. The molecule has 0 aliphatic carbocycles. The van der Waals surface area contributed by atoms with E-state index in [9.17, 15) is 0 Å². The molecule has 3 rings (SSSR count). The van der Waals surface area contributed by atoms with E-state index in [-0.39, 0.29) is 0 Å². The van der Waals surface area contributed by atoms with Gasteiger partial charge >= 0.3 is 0 Å². The standard InChI is InChI=1S/C16H11Br2NS/c17-13-10-15(18)20-16(13)12-8-4-5-9-14(12)19-11-6-2-1-3-7-11/h1-10,19H. The van der Waals surface area contributed by atoms with Gasteiger partial charge in [0.2, 0.25) is 0 Å². The summed E-state index contributed by atoms with van der Waals surface area (Å²) in [7, 11) is 0. The summed E-state index contributed by atoms with van der Waals surface area (Å²) in [4.78, 5) is 1.22. The molecule has 3 aromatic rings. The first-order chi connectivity index (χ1) is 9.74. The van der Waals surface area contributed by atoms with E-state index in [1.54, 1.807) is 11.3 Å².